The lowest BCUT2D eigenvalue weighted by molar-refractivity contribution is -0.145. The summed E-state index contributed by atoms with van der Waals surface area (Å²) in [6.07, 6.45) is 0.200. The van der Waals surface area contributed by atoms with Gasteiger partial charge in [0.05, 0.1) is 11.3 Å². The smallest absolute Gasteiger partial charge is 0.411 e. The van der Waals surface area contributed by atoms with Gasteiger partial charge in [-0.15, -0.1) is 11.8 Å². The molecular formula is C26H37N3O6S. The zero-order chi connectivity index (χ0) is 26.7. The number of thioether (sulfide) groups is 1. The summed E-state index contributed by atoms with van der Waals surface area (Å²) < 4.78 is 5.49. The van der Waals surface area contributed by atoms with E-state index in [4.69, 9.17) is 4.74 Å². The number of benzene rings is 1. The summed E-state index contributed by atoms with van der Waals surface area (Å²) in [6, 6.07) is 7.71. The summed E-state index contributed by atoms with van der Waals surface area (Å²) in [7, 11) is 0. The van der Waals surface area contributed by atoms with Crippen LogP contribution in [0.25, 0.3) is 0 Å². The Morgan fingerprint density at radius 1 is 1.11 bits per heavy atom. The number of carboxylic acids is 1. The fraction of sp³-hybridized carbons (Fsp3) is 0.615. The first-order valence-electron chi connectivity index (χ1n) is 12.3. The van der Waals surface area contributed by atoms with Gasteiger partial charge in [0, 0.05) is 18.8 Å². The Kier molecular flexibility index (Phi) is 8.59. The summed E-state index contributed by atoms with van der Waals surface area (Å²) in [5.41, 5.74) is -0.805. The Labute approximate surface area is 216 Å². The van der Waals surface area contributed by atoms with Crippen molar-refractivity contribution in [2.24, 2.45) is 5.92 Å². The number of carbonyl (C=O) groups excluding carboxylic acids is 3. The first kappa shape index (κ1) is 27.8. The number of hydrogen-bond acceptors (Lipinski definition) is 6. The zero-order valence-electron chi connectivity index (χ0n) is 21.7. The van der Waals surface area contributed by atoms with Gasteiger partial charge in [0.1, 0.15) is 17.7 Å². The predicted octanol–water partition coefficient (Wildman–Crippen LogP) is 3.08. The Balaban J connectivity index is 1.77. The molecule has 2 aliphatic heterocycles. The molecule has 0 spiro atoms. The van der Waals surface area contributed by atoms with Crippen LogP contribution in [0.4, 0.5) is 4.79 Å². The molecule has 2 heterocycles. The molecule has 36 heavy (non-hydrogen) atoms. The maximum Gasteiger partial charge on any atom is 0.411 e. The van der Waals surface area contributed by atoms with Crippen LogP contribution in [0, 0.1) is 5.92 Å². The zero-order valence-corrected chi connectivity index (χ0v) is 22.5. The molecule has 2 aliphatic rings. The number of amides is 3. The van der Waals surface area contributed by atoms with Crippen molar-refractivity contribution < 1.29 is 29.0 Å². The molecule has 3 amide bonds. The maximum atomic E-state index is 13.6. The van der Waals surface area contributed by atoms with E-state index in [1.807, 2.05) is 30.3 Å². The van der Waals surface area contributed by atoms with Crippen LogP contribution in [0.2, 0.25) is 0 Å². The first-order chi connectivity index (χ1) is 16.9. The molecule has 1 aromatic rings. The third-order valence-electron chi connectivity index (χ3n) is 6.70. The van der Waals surface area contributed by atoms with E-state index >= 15 is 0 Å². The van der Waals surface area contributed by atoms with Crippen LogP contribution in [0.5, 0.6) is 0 Å². The molecule has 10 heteroatoms. The van der Waals surface area contributed by atoms with Crippen LogP contribution in [-0.4, -0.2) is 81.2 Å². The summed E-state index contributed by atoms with van der Waals surface area (Å²) in [5, 5.41) is 12.4. The van der Waals surface area contributed by atoms with E-state index in [1.54, 1.807) is 39.5 Å². The van der Waals surface area contributed by atoms with E-state index in [9.17, 15) is 24.3 Å². The molecule has 2 fully saturated rings. The molecule has 1 aromatic carbocycles. The third kappa shape index (κ3) is 6.14. The molecule has 3 rings (SSSR count). The Morgan fingerprint density at radius 3 is 2.25 bits per heavy atom. The second kappa shape index (κ2) is 11.1. The van der Waals surface area contributed by atoms with Crippen LogP contribution in [0.3, 0.4) is 0 Å². The Hall–Kier alpha value is -2.75. The van der Waals surface area contributed by atoms with Gasteiger partial charge in [-0.25, -0.2) is 9.59 Å². The van der Waals surface area contributed by atoms with Gasteiger partial charge in [-0.05, 0) is 45.1 Å². The van der Waals surface area contributed by atoms with Gasteiger partial charge >= 0.3 is 12.1 Å². The van der Waals surface area contributed by atoms with Crippen molar-refractivity contribution in [1.82, 2.24) is 15.1 Å². The van der Waals surface area contributed by atoms with Gasteiger partial charge in [-0.3, -0.25) is 14.5 Å². The quantitative estimate of drug-likeness (QED) is 0.593. The first-order valence-corrected chi connectivity index (χ1v) is 13.5. The summed E-state index contributed by atoms with van der Waals surface area (Å²) in [4.78, 5) is 54.6. The number of nitrogens with one attached hydrogen (secondary N) is 1. The number of ether oxygens (including phenoxy) is 1. The van der Waals surface area contributed by atoms with Gasteiger partial charge in [-0.2, -0.15) is 0 Å². The highest BCUT2D eigenvalue weighted by Crippen LogP contribution is 2.37. The Bertz CT molecular complexity index is 970. The molecule has 0 aromatic heterocycles. The molecule has 2 saturated heterocycles. The minimum Gasteiger partial charge on any atom is -0.480 e. The number of carbonyl (C=O) groups is 4. The van der Waals surface area contributed by atoms with E-state index in [1.165, 1.54) is 16.7 Å². The van der Waals surface area contributed by atoms with Crippen molar-refractivity contribution in [2.75, 3.05) is 24.7 Å². The van der Waals surface area contributed by atoms with Crippen molar-refractivity contribution in [2.45, 2.75) is 70.6 Å². The fourth-order valence-corrected chi connectivity index (χ4v) is 5.80. The van der Waals surface area contributed by atoms with Crippen molar-refractivity contribution in [3.8, 4) is 0 Å². The Morgan fingerprint density at radius 2 is 1.72 bits per heavy atom. The van der Waals surface area contributed by atoms with Crippen molar-refractivity contribution in [1.29, 1.82) is 0 Å². The predicted molar refractivity (Wildman–Crippen MR) is 138 cm³/mol. The van der Waals surface area contributed by atoms with E-state index in [0.29, 0.717) is 37.6 Å². The highest BCUT2D eigenvalue weighted by atomic mass is 32.2. The van der Waals surface area contributed by atoms with E-state index in [2.05, 4.69) is 5.32 Å². The van der Waals surface area contributed by atoms with Crippen LogP contribution in [-0.2, 0) is 24.5 Å². The number of rotatable bonds is 6. The van der Waals surface area contributed by atoms with Crippen LogP contribution in [0.15, 0.2) is 30.3 Å². The van der Waals surface area contributed by atoms with Crippen molar-refractivity contribution >= 4 is 35.6 Å². The average molecular weight is 520 g/mol. The summed E-state index contributed by atoms with van der Waals surface area (Å²) >= 11 is 1.51. The molecule has 0 aliphatic carbocycles. The molecule has 2 atom stereocenters. The topological polar surface area (TPSA) is 116 Å². The van der Waals surface area contributed by atoms with Gasteiger partial charge in [0.25, 0.3) is 0 Å². The van der Waals surface area contributed by atoms with Crippen molar-refractivity contribution in [3.05, 3.63) is 35.9 Å². The maximum absolute atomic E-state index is 13.6. The standard InChI is InChI=1S/C26H37N3O6S/c1-17(2)20(22(31)32)27-23(33)26(18-9-7-6-8-10-18)11-13-28(14-12-26)21(30)19-15-36-16-29(19)24(34)35-25(3,4)5/h6-10,17,19-20H,11-16H2,1-5H3,(H,27,33)(H,31,32)/t19-,20-/m1/s1. The van der Waals surface area contributed by atoms with E-state index in [0.717, 1.165) is 5.56 Å². The number of piperidine rings is 1. The molecule has 198 valence electrons. The monoisotopic (exact) mass is 519 g/mol. The van der Waals surface area contributed by atoms with Crippen LogP contribution >= 0.6 is 11.8 Å². The molecule has 9 nitrogen and oxygen atoms in total. The second-order valence-corrected chi connectivity index (χ2v) is 11.8. The van der Waals surface area contributed by atoms with Crippen LogP contribution < -0.4 is 5.32 Å². The molecule has 0 bridgehead atoms. The van der Waals surface area contributed by atoms with Gasteiger partial charge < -0.3 is 20.1 Å². The number of hydrogen-bond donors (Lipinski definition) is 2. The largest absolute Gasteiger partial charge is 0.480 e. The van der Waals surface area contributed by atoms with E-state index < -0.39 is 35.2 Å². The lowest BCUT2D eigenvalue weighted by Gasteiger charge is -2.42. The average Bonchev–Trinajstić information content (AvgIpc) is 3.31. The van der Waals surface area contributed by atoms with Crippen LogP contribution in [0.1, 0.15) is 53.0 Å². The molecular weight excluding hydrogens is 482 g/mol. The highest BCUT2D eigenvalue weighted by Gasteiger charge is 2.47. The molecule has 0 saturated carbocycles. The number of nitrogens with zero attached hydrogens (tertiary/aromatic N) is 2. The SMILES string of the molecule is CC(C)[C@@H](NC(=O)C1(c2ccccc2)CCN(C(=O)[C@H]2CSCN2C(=O)OC(C)(C)C)CC1)C(=O)O. The molecule has 0 unspecified atom stereocenters. The lowest BCUT2D eigenvalue weighted by Crippen LogP contribution is -2.58. The summed E-state index contributed by atoms with van der Waals surface area (Å²) in [5.74, 6) is -0.962. The minimum atomic E-state index is -1.07. The number of carboxylic acid groups (broad SMARTS) is 1. The third-order valence-corrected chi connectivity index (χ3v) is 7.72. The molecule has 0 radical (unpaired) electrons. The second-order valence-electron chi connectivity index (χ2n) is 10.8. The van der Waals surface area contributed by atoms with E-state index in [-0.39, 0.29) is 17.7 Å². The summed E-state index contributed by atoms with van der Waals surface area (Å²) in [6.45, 7) is 9.53. The number of aliphatic carboxylic acids is 1. The van der Waals surface area contributed by atoms with Gasteiger partial charge in [0.2, 0.25) is 11.8 Å². The fourth-order valence-electron chi connectivity index (χ4n) is 4.66. The lowest BCUT2D eigenvalue weighted by atomic mass is 9.71. The molecule has 2 N–H and O–H groups in total. The minimum absolute atomic E-state index is 0.154. The normalized spacial score (nSPS) is 20.7. The van der Waals surface area contributed by atoms with Crippen molar-refractivity contribution in [3.63, 3.8) is 0 Å². The highest BCUT2D eigenvalue weighted by molar-refractivity contribution is 7.99. The van der Waals surface area contributed by atoms with Gasteiger partial charge in [0.15, 0.2) is 0 Å². The number of likely N-dealkylation sites (tertiary alicyclic amines) is 1. The van der Waals surface area contributed by atoms with Gasteiger partial charge in [-0.1, -0.05) is 44.2 Å².